The Morgan fingerprint density at radius 2 is 1.78 bits per heavy atom. The van der Waals surface area contributed by atoms with Gasteiger partial charge in [0.15, 0.2) is 5.16 Å². The number of hydrogen-bond acceptors (Lipinski definition) is 5. The van der Waals surface area contributed by atoms with Crippen molar-refractivity contribution in [3.8, 4) is 5.69 Å². The summed E-state index contributed by atoms with van der Waals surface area (Å²) in [5, 5.41) is 1.91. The number of sulfonamides is 1. The van der Waals surface area contributed by atoms with E-state index in [2.05, 4.69) is 9.71 Å². The number of nitrogens with zero attached hydrogens (tertiary/aromatic N) is 2. The lowest BCUT2D eigenvalue weighted by Crippen LogP contribution is -2.25. The Morgan fingerprint density at radius 1 is 1.11 bits per heavy atom. The predicted molar refractivity (Wildman–Crippen MR) is 111 cm³/mol. The second kappa shape index (κ2) is 8.20. The SMILES string of the molecule is CS(=O)(=O)NCCSc1nc2cc(Cl)ccc2c(=O)n1-c1ccc(Cl)cc1. The van der Waals surface area contributed by atoms with Gasteiger partial charge in [0.05, 0.1) is 22.8 Å². The van der Waals surface area contributed by atoms with Gasteiger partial charge in [-0.2, -0.15) is 0 Å². The van der Waals surface area contributed by atoms with E-state index in [-0.39, 0.29) is 12.1 Å². The van der Waals surface area contributed by atoms with Gasteiger partial charge in [0.1, 0.15) is 0 Å². The minimum atomic E-state index is -3.28. The number of halogens is 2. The first-order chi connectivity index (χ1) is 12.7. The van der Waals surface area contributed by atoms with E-state index < -0.39 is 10.0 Å². The van der Waals surface area contributed by atoms with E-state index >= 15 is 0 Å². The Hall–Kier alpha value is -1.58. The second-order valence-electron chi connectivity index (χ2n) is 5.69. The first-order valence-electron chi connectivity index (χ1n) is 7.80. The molecule has 142 valence electrons. The molecule has 1 N–H and O–H groups in total. The van der Waals surface area contributed by atoms with Crippen molar-refractivity contribution >= 4 is 55.9 Å². The monoisotopic (exact) mass is 443 g/mol. The zero-order chi connectivity index (χ0) is 19.6. The summed E-state index contributed by atoms with van der Waals surface area (Å²) in [5.74, 6) is 0.402. The van der Waals surface area contributed by atoms with Crippen LogP contribution in [0.25, 0.3) is 16.6 Å². The molecule has 10 heteroatoms. The van der Waals surface area contributed by atoms with Crippen molar-refractivity contribution < 1.29 is 8.42 Å². The minimum absolute atomic E-state index is 0.216. The fourth-order valence-electron chi connectivity index (χ4n) is 2.42. The molecule has 0 amide bonds. The molecule has 6 nitrogen and oxygen atoms in total. The summed E-state index contributed by atoms with van der Waals surface area (Å²) in [6, 6.07) is 11.7. The lowest BCUT2D eigenvalue weighted by atomic mass is 10.2. The summed E-state index contributed by atoms with van der Waals surface area (Å²) < 4.78 is 26.3. The van der Waals surface area contributed by atoms with Crippen LogP contribution in [0.15, 0.2) is 52.4 Å². The van der Waals surface area contributed by atoms with Gasteiger partial charge in [0.25, 0.3) is 5.56 Å². The molecule has 3 rings (SSSR count). The van der Waals surface area contributed by atoms with Crippen LogP contribution in [-0.2, 0) is 10.0 Å². The van der Waals surface area contributed by atoms with Crippen LogP contribution in [0.3, 0.4) is 0 Å². The summed E-state index contributed by atoms with van der Waals surface area (Å²) >= 11 is 13.2. The highest BCUT2D eigenvalue weighted by Gasteiger charge is 2.14. The number of fused-ring (bicyclic) bond motifs is 1. The number of benzene rings is 2. The fraction of sp³-hybridized carbons (Fsp3) is 0.176. The molecule has 0 spiro atoms. The Bertz CT molecular complexity index is 1150. The maximum Gasteiger partial charge on any atom is 0.266 e. The van der Waals surface area contributed by atoms with Crippen molar-refractivity contribution in [1.82, 2.24) is 14.3 Å². The fourth-order valence-corrected chi connectivity index (χ4v) is 4.18. The van der Waals surface area contributed by atoms with Crippen LogP contribution < -0.4 is 10.3 Å². The molecule has 2 aromatic carbocycles. The maximum atomic E-state index is 13.1. The summed E-state index contributed by atoms with van der Waals surface area (Å²) in [4.78, 5) is 17.6. The second-order valence-corrected chi connectivity index (χ2v) is 9.46. The third-order valence-electron chi connectivity index (χ3n) is 3.58. The van der Waals surface area contributed by atoms with Gasteiger partial charge >= 0.3 is 0 Å². The van der Waals surface area contributed by atoms with Gasteiger partial charge in [-0.05, 0) is 42.5 Å². The molecule has 1 aromatic heterocycles. The first-order valence-corrected chi connectivity index (χ1v) is 11.4. The Labute approximate surface area is 170 Å². The van der Waals surface area contributed by atoms with Gasteiger partial charge in [-0.15, -0.1) is 0 Å². The molecule has 0 saturated carbocycles. The maximum absolute atomic E-state index is 13.1. The number of aromatic nitrogens is 2. The zero-order valence-electron chi connectivity index (χ0n) is 14.1. The molecule has 0 radical (unpaired) electrons. The predicted octanol–water partition coefficient (Wildman–Crippen LogP) is 3.33. The molecule has 1 heterocycles. The normalized spacial score (nSPS) is 11.8. The van der Waals surface area contributed by atoms with Crippen molar-refractivity contribution in [3.63, 3.8) is 0 Å². The number of hydrogen-bond donors (Lipinski definition) is 1. The Morgan fingerprint density at radius 3 is 2.44 bits per heavy atom. The van der Waals surface area contributed by atoms with E-state index in [1.165, 1.54) is 16.3 Å². The van der Waals surface area contributed by atoms with Crippen LogP contribution in [0.5, 0.6) is 0 Å². The molecule has 3 aromatic rings. The van der Waals surface area contributed by atoms with Crippen molar-refractivity contribution in [2.24, 2.45) is 0 Å². The molecular weight excluding hydrogens is 429 g/mol. The molecule has 0 aliphatic rings. The van der Waals surface area contributed by atoms with E-state index in [4.69, 9.17) is 23.2 Å². The highest BCUT2D eigenvalue weighted by Crippen LogP contribution is 2.23. The smallest absolute Gasteiger partial charge is 0.266 e. The highest BCUT2D eigenvalue weighted by molar-refractivity contribution is 7.99. The molecule has 0 fully saturated rings. The lowest BCUT2D eigenvalue weighted by molar-refractivity contribution is 0.590. The molecule has 0 bridgehead atoms. The summed E-state index contributed by atoms with van der Waals surface area (Å²) in [6.45, 7) is 0.216. The number of rotatable bonds is 6. The van der Waals surface area contributed by atoms with E-state index in [9.17, 15) is 13.2 Å². The van der Waals surface area contributed by atoms with Gasteiger partial charge in [-0.1, -0.05) is 35.0 Å². The number of nitrogens with one attached hydrogen (secondary N) is 1. The quantitative estimate of drug-likeness (QED) is 0.358. The Kier molecular flexibility index (Phi) is 6.12. The standard InChI is InChI=1S/C17H15Cl2N3O3S2/c1-27(24,25)20-8-9-26-17-21-15-10-12(19)4-7-14(15)16(23)22(17)13-5-2-11(18)3-6-13/h2-7,10,20H,8-9H2,1H3. The summed E-state index contributed by atoms with van der Waals surface area (Å²) in [7, 11) is -3.28. The van der Waals surface area contributed by atoms with Crippen molar-refractivity contribution in [2.75, 3.05) is 18.6 Å². The zero-order valence-corrected chi connectivity index (χ0v) is 17.3. The summed E-state index contributed by atoms with van der Waals surface area (Å²) in [6.07, 6.45) is 1.09. The van der Waals surface area contributed by atoms with Crippen LogP contribution in [0, 0.1) is 0 Å². The van der Waals surface area contributed by atoms with Crippen LogP contribution in [0.1, 0.15) is 0 Å². The Balaban J connectivity index is 2.06. The third-order valence-corrected chi connectivity index (χ3v) is 5.74. The van der Waals surface area contributed by atoms with E-state index in [1.54, 1.807) is 42.5 Å². The molecule has 0 aliphatic heterocycles. The average molecular weight is 444 g/mol. The van der Waals surface area contributed by atoms with Gasteiger partial charge in [0.2, 0.25) is 10.0 Å². The largest absolute Gasteiger partial charge is 0.268 e. The van der Waals surface area contributed by atoms with Gasteiger partial charge in [-0.25, -0.2) is 18.1 Å². The van der Waals surface area contributed by atoms with Crippen molar-refractivity contribution in [1.29, 1.82) is 0 Å². The van der Waals surface area contributed by atoms with Gasteiger partial charge in [-0.3, -0.25) is 9.36 Å². The van der Waals surface area contributed by atoms with E-state index in [0.717, 1.165) is 6.26 Å². The van der Waals surface area contributed by atoms with Crippen LogP contribution in [-0.4, -0.2) is 36.5 Å². The molecule has 0 saturated heterocycles. The van der Waals surface area contributed by atoms with E-state index in [0.29, 0.717) is 37.5 Å². The van der Waals surface area contributed by atoms with Gasteiger partial charge < -0.3 is 0 Å². The summed E-state index contributed by atoms with van der Waals surface area (Å²) in [5.41, 5.74) is 0.862. The lowest BCUT2D eigenvalue weighted by Gasteiger charge is -2.13. The van der Waals surface area contributed by atoms with Crippen molar-refractivity contribution in [3.05, 3.63) is 62.9 Å². The molecule has 27 heavy (non-hydrogen) atoms. The van der Waals surface area contributed by atoms with Crippen LogP contribution in [0.2, 0.25) is 10.0 Å². The highest BCUT2D eigenvalue weighted by atomic mass is 35.5. The topological polar surface area (TPSA) is 81.1 Å². The van der Waals surface area contributed by atoms with E-state index in [1.807, 2.05) is 0 Å². The minimum Gasteiger partial charge on any atom is -0.268 e. The molecule has 0 aliphatic carbocycles. The van der Waals surface area contributed by atoms with Crippen LogP contribution in [0.4, 0.5) is 0 Å². The first kappa shape index (κ1) is 20.2. The molecule has 0 atom stereocenters. The van der Waals surface area contributed by atoms with Gasteiger partial charge in [0, 0.05) is 22.3 Å². The average Bonchev–Trinajstić information content (AvgIpc) is 2.59. The number of thioether (sulfide) groups is 1. The molecule has 0 unspecified atom stereocenters. The van der Waals surface area contributed by atoms with Crippen LogP contribution >= 0.6 is 35.0 Å². The van der Waals surface area contributed by atoms with Crippen molar-refractivity contribution in [2.45, 2.75) is 5.16 Å². The molecular formula is C17H15Cl2N3O3S2. The third kappa shape index (κ3) is 5.03.